The Bertz CT molecular complexity index is 1110. The van der Waals surface area contributed by atoms with Gasteiger partial charge >= 0.3 is 0 Å². The van der Waals surface area contributed by atoms with Crippen LogP contribution in [-0.2, 0) is 26.2 Å². The van der Waals surface area contributed by atoms with Crippen LogP contribution < -0.4 is 9.62 Å². The number of anilines is 1. The first-order chi connectivity index (χ1) is 15.5. The maximum Gasteiger partial charge on any atom is 0.242 e. The Morgan fingerprint density at radius 2 is 1.79 bits per heavy atom. The molecular weight excluding hydrogens is 485 g/mol. The van der Waals surface area contributed by atoms with Crippen molar-refractivity contribution in [3.8, 4) is 0 Å². The fourth-order valence-electron chi connectivity index (χ4n) is 3.47. The molecule has 0 saturated carbocycles. The van der Waals surface area contributed by atoms with Gasteiger partial charge in [-0.15, -0.1) is 0 Å². The molecule has 0 bridgehead atoms. The molecule has 0 aliphatic heterocycles. The molecule has 0 radical (unpaired) electrons. The van der Waals surface area contributed by atoms with Gasteiger partial charge in [-0.1, -0.05) is 41.4 Å². The van der Waals surface area contributed by atoms with Crippen molar-refractivity contribution < 1.29 is 18.0 Å². The highest BCUT2D eigenvalue weighted by atomic mass is 35.5. The summed E-state index contributed by atoms with van der Waals surface area (Å²) in [5.41, 5.74) is 1.91. The summed E-state index contributed by atoms with van der Waals surface area (Å²) in [5, 5.41) is 3.56. The minimum Gasteiger partial charge on any atom is -0.357 e. The first-order valence-electron chi connectivity index (χ1n) is 10.4. The van der Waals surface area contributed by atoms with Crippen molar-refractivity contribution in [2.75, 3.05) is 24.2 Å². The van der Waals surface area contributed by atoms with Gasteiger partial charge < -0.3 is 10.2 Å². The summed E-state index contributed by atoms with van der Waals surface area (Å²) in [6, 6.07) is 11.4. The number of benzene rings is 2. The predicted octanol–water partition coefficient (Wildman–Crippen LogP) is 4.01. The van der Waals surface area contributed by atoms with Crippen molar-refractivity contribution in [3.63, 3.8) is 0 Å². The predicted molar refractivity (Wildman–Crippen MR) is 133 cm³/mol. The highest BCUT2D eigenvalue weighted by Crippen LogP contribution is 2.28. The maximum absolute atomic E-state index is 13.1. The molecule has 10 heteroatoms. The highest BCUT2D eigenvalue weighted by Gasteiger charge is 2.26. The van der Waals surface area contributed by atoms with Gasteiger partial charge in [0.25, 0.3) is 0 Å². The monoisotopic (exact) mass is 513 g/mol. The number of halogens is 2. The van der Waals surface area contributed by atoms with Crippen LogP contribution in [0.4, 0.5) is 5.69 Å². The van der Waals surface area contributed by atoms with E-state index < -0.39 is 16.1 Å². The summed E-state index contributed by atoms with van der Waals surface area (Å²) < 4.78 is 26.1. The van der Waals surface area contributed by atoms with Crippen LogP contribution in [0, 0.1) is 6.92 Å². The lowest BCUT2D eigenvalue weighted by Crippen LogP contribution is -2.46. The second-order valence-corrected chi connectivity index (χ2v) is 10.5. The van der Waals surface area contributed by atoms with Crippen LogP contribution in [0.5, 0.6) is 0 Å². The number of sulfonamides is 1. The summed E-state index contributed by atoms with van der Waals surface area (Å²) >= 11 is 12.2. The summed E-state index contributed by atoms with van der Waals surface area (Å²) in [4.78, 5) is 26.8. The van der Waals surface area contributed by atoms with E-state index in [1.807, 2.05) is 6.07 Å². The van der Waals surface area contributed by atoms with Crippen molar-refractivity contribution >= 4 is 50.7 Å². The Labute approximate surface area is 205 Å². The van der Waals surface area contributed by atoms with Gasteiger partial charge in [0.05, 0.1) is 11.9 Å². The summed E-state index contributed by atoms with van der Waals surface area (Å²) in [6.45, 7) is 3.71. The fraction of sp³-hybridized carbons (Fsp3) is 0.391. The number of rotatable bonds is 10. The molecule has 0 aromatic heterocycles. The van der Waals surface area contributed by atoms with E-state index in [1.165, 1.54) is 16.3 Å². The van der Waals surface area contributed by atoms with Crippen LogP contribution in [0.3, 0.4) is 0 Å². The van der Waals surface area contributed by atoms with Crippen molar-refractivity contribution in [2.45, 2.75) is 39.3 Å². The van der Waals surface area contributed by atoms with Crippen molar-refractivity contribution in [1.29, 1.82) is 0 Å². The molecule has 33 heavy (non-hydrogen) atoms. The Kier molecular flexibility index (Phi) is 9.57. The molecule has 7 nitrogen and oxygen atoms in total. The molecule has 0 aliphatic carbocycles. The van der Waals surface area contributed by atoms with Crippen LogP contribution >= 0.6 is 23.2 Å². The number of carbonyl (C=O) groups is 2. The van der Waals surface area contributed by atoms with Crippen LogP contribution in [0.1, 0.15) is 30.9 Å². The molecular formula is C23H29Cl2N3O4S. The van der Waals surface area contributed by atoms with E-state index in [4.69, 9.17) is 23.2 Å². The van der Waals surface area contributed by atoms with Crippen molar-refractivity contribution in [2.24, 2.45) is 0 Å². The second-order valence-electron chi connectivity index (χ2n) is 7.76. The molecule has 1 N–H and O–H groups in total. The molecule has 0 aliphatic rings. The zero-order valence-electron chi connectivity index (χ0n) is 19.1. The van der Waals surface area contributed by atoms with Gasteiger partial charge in [-0.05, 0) is 55.7 Å². The standard InChI is InChI=1S/C23H29Cl2N3O4S/c1-16-20(25)10-6-11-21(16)28(33(4,31)32)13-7-12-22(29)27(17(2)23(30)26-3)15-18-8-5-9-19(24)14-18/h5-6,8-11,14,17H,7,12-13,15H2,1-4H3,(H,26,30). The number of nitrogens with zero attached hydrogens (tertiary/aromatic N) is 2. The van der Waals surface area contributed by atoms with Crippen LogP contribution in [-0.4, -0.2) is 51.0 Å². The largest absolute Gasteiger partial charge is 0.357 e. The molecule has 0 fully saturated rings. The molecule has 2 aromatic carbocycles. The first-order valence-corrected chi connectivity index (χ1v) is 13.0. The van der Waals surface area contributed by atoms with Gasteiger partial charge in [0.1, 0.15) is 6.04 Å². The molecule has 180 valence electrons. The van der Waals surface area contributed by atoms with Gasteiger partial charge in [0.2, 0.25) is 21.8 Å². The van der Waals surface area contributed by atoms with Gasteiger partial charge in [0.15, 0.2) is 0 Å². The number of likely N-dealkylation sites (N-methyl/N-ethyl adjacent to an activating group) is 1. The minimum atomic E-state index is -3.59. The smallest absolute Gasteiger partial charge is 0.242 e. The Hall–Kier alpha value is -2.29. The minimum absolute atomic E-state index is 0.0630. The molecule has 0 saturated heterocycles. The zero-order valence-corrected chi connectivity index (χ0v) is 21.5. The van der Waals surface area contributed by atoms with Gasteiger partial charge in [-0.3, -0.25) is 13.9 Å². The number of carbonyl (C=O) groups excluding carboxylic acids is 2. The zero-order chi connectivity index (χ0) is 24.8. The lowest BCUT2D eigenvalue weighted by Gasteiger charge is -2.29. The average Bonchev–Trinajstić information content (AvgIpc) is 2.75. The summed E-state index contributed by atoms with van der Waals surface area (Å²) in [5.74, 6) is -0.556. The van der Waals surface area contributed by atoms with E-state index >= 15 is 0 Å². The number of amides is 2. The second kappa shape index (κ2) is 11.7. The molecule has 1 unspecified atom stereocenters. The maximum atomic E-state index is 13.1. The summed E-state index contributed by atoms with van der Waals surface area (Å²) in [6.07, 6.45) is 1.45. The van der Waals surface area contributed by atoms with Crippen LogP contribution in [0.2, 0.25) is 10.0 Å². The topological polar surface area (TPSA) is 86.8 Å². The quantitative estimate of drug-likeness (QED) is 0.519. The van der Waals surface area contributed by atoms with E-state index in [9.17, 15) is 18.0 Å². The van der Waals surface area contributed by atoms with E-state index in [-0.39, 0.29) is 37.7 Å². The van der Waals surface area contributed by atoms with Crippen LogP contribution in [0.25, 0.3) is 0 Å². The molecule has 0 spiro atoms. The Morgan fingerprint density at radius 3 is 2.39 bits per heavy atom. The summed E-state index contributed by atoms with van der Waals surface area (Å²) in [7, 11) is -2.08. The normalized spacial score (nSPS) is 12.2. The van der Waals surface area contributed by atoms with E-state index in [1.54, 1.807) is 50.2 Å². The molecule has 0 heterocycles. The third kappa shape index (κ3) is 7.35. The Morgan fingerprint density at radius 1 is 1.12 bits per heavy atom. The first kappa shape index (κ1) is 27.0. The molecule has 2 amide bonds. The SMILES string of the molecule is CNC(=O)C(C)N(Cc1cccc(Cl)c1)C(=O)CCCN(c1cccc(Cl)c1C)S(C)(=O)=O. The molecule has 2 rings (SSSR count). The molecule has 1 atom stereocenters. The third-order valence-electron chi connectivity index (χ3n) is 5.32. The van der Waals surface area contributed by atoms with E-state index in [0.29, 0.717) is 21.3 Å². The highest BCUT2D eigenvalue weighted by molar-refractivity contribution is 7.92. The van der Waals surface area contributed by atoms with Crippen molar-refractivity contribution in [3.05, 3.63) is 63.6 Å². The van der Waals surface area contributed by atoms with E-state index in [2.05, 4.69) is 5.32 Å². The lowest BCUT2D eigenvalue weighted by atomic mass is 10.1. The third-order valence-corrected chi connectivity index (χ3v) is 7.14. The Balaban J connectivity index is 2.18. The molecule has 2 aromatic rings. The number of hydrogen-bond donors (Lipinski definition) is 1. The van der Waals surface area contributed by atoms with Gasteiger partial charge in [0, 0.05) is 36.6 Å². The van der Waals surface area contributed by atoms with E-state index in [0.717, 1.165) is 11.8 Å². The fourth-order valence-corrected chi connectivity index (χ4v) is 4.87. The number of nitrogens with one attached hydrogen (secondary N) is 1. The van der Waals surface area contributed by atoms with Gasteiger partial charge in [-0.2, -0.15) is 0 Å². The van der Waals surface area contributed by atoms with Gasteiger partial charge in [-0.25, -0.2) is 8.42 Å². The van der Waals surface area contributed by atoms with Crippen LogP contribution in [0.15, 0.2) is 42.5 Å². The average molecular weight is 514 g/mol. The van der Waals surface area contributed by atoms with Crippen molar-refractivity contribution in [1.82, 2.24) is 10.2 Å². The lowest BCUT2D eigenvalue weighted by molar-refractivity contribution is -0.140. The number of hydrogen-bond acceptors (Lipinski definition) is 4.